The van der Waals surface area contributed by atoms with Crippen LogP contribution in [0.25, 0.3) is 11.1 Å². The van der Waals surface area contributed by atoms with Gasteiger partial charge in [-0.2, -0.15) is 0 Å². The lowest BCUT2D eigenvalue weighted by atomic mass is 9.94. The van der Waals surface area contributed by atoms with Crippen LogP contribution in [-0.4, -0.2) is 15.1 Å². The Hall–Kier alpha value is -3.34. The molecule has 0 bridgehead atoms. The van der Waals surface area contributed by atoms with Gasteiger partial charge in [0.05, 0.1) is 4.92 Å². The van der Waals surface area contributed by atoms with Crippen LogP contribution < -0.4 is 0 Å². The molecule has 119 valence electrons. The number of benzene rings is 3. The first-order valence-corrected chi connectivity index (χ1v) is 7.30. The smallest absolute Gasteiger partial charge is 0.269 e. The van der Waals surface area contributed by atoms with E-state index in [-0.39, 0.29) is 17.2 Å². The summed E-state index contributed by atoms with van der Waals surface area (Å²) in [7, 11) is 0. The van der Waals surface area contributed by atoms with Crippen LogP contribution in [0.5, 0.6) is 11.5 Å². The summed E-state index contributed by atoms with van der Waals surface area (Å²) in [6.07, 6.45) is 0.424. The number of phenols is 2. The van der Waals surface area contributed by atoms with Crippen LogP contribution >= 0.6 is 0 Å². The second kappa shape index (κ2) is 6.42. The molecule has 3 rings (SSSR count). The highest BCUT2D eigenvalue weighted by atomic mass is 16.6. The SMILES string of the molecule is O=[N+]([O-])c1cc[c]c(Cc2ccccc2-c2cccc(O)c2O)c1. The Morgan fingerprint density at radius 2 is 1.75 bits per heavy atom. The minimum absolute atomic E-state index is 0.0152. The van der Waals surface area contributed by atoms with Crippen molar-refractivity contribution >= 4 is 5.69 Å². The van der Waals surface area contributed by atoms with Crippen LogP contribution in [0.2, 0.25) is 0 Å². The van der Waals surface area contributed by atoms with Gasteiger partial charge in [-0.15, -0.1) is 0 Å². The molecule has 0 heterocycles. The molecule has 2 N–H and O–H groups in total. The monoisotopic (exact) mass is 320 g/mol. The lowest BCUT2D eigenvalue weighted by molar-refractivity contribution is -0.384. The van der Waals surface area contributed by atoms with Crippen molar-refractivity contribution in [3.8, 4) is 22.6 Å². The molecule has 0 aromatic heterocycles. The third-order valence-electron chi connectivity index (χ3n) is 3.76. The Morgan fingerprint density at radius 1 is 1.00 bits per heavy atom. The molecule has 0 saturated heterocycles. The first-order chi connectivity index (χ1) is 11.6. The van der Waals surface area contributed by atoms with Gasteiger partial charge in [0.15, 0.2) is 11.5 Å². The molecule has 0 aliphatic rings. The predicted octanol–water partition coefficient (Wildman–Crippen LogP) is 4.06. The molecule has 3 aromatic rings. The molecule has 0 spiro atoms. The van der Waals surface area contributed by atoms with Crippen LogP contribution in [0.3, 0.4) is 0 Å². The summed E-state index contributed by atoms with van der Waals surface area (Å²) in [5.74, 6) is -0.378. The molecule has 0 saturated carbocycles. The van der Waals surface area contributed by atoms with E-state index in [0.717, 1.165) is 11.1 Å². The van der Waals surface area contributed by atoms with Crippen molar-refractivity contribution in [2.24, 2.45) is 0 Å². The molecule has 3 aromatic carbocycles. The number of para-hydroxylation sites is 1. The Kier molecular flexibility index (Phi) is 4.16. The minimum atomic E-state index is -0.440. The van der Waals surface area contributed by atoms with Crippen molar-refractivity contribution in [2.45, 2.75) is 6.42 Å². The highest BCUT2D eigenvalue weighted by Crippen LogP contribution is 2.38. The van der Waals surface area contributed by atoms with Gasteiger partial charge in [0.1, 0.15) is 0 Å². The van der Waals surface area contributed by atoms with Gasteiger partial charge in [-0.05, 0) is 41.3 Å². The van der Waals surface area contributed by atoms with Gasteiger partial charge in [-0.1, -0.05) is 36.4 Å². The Balaban J connectivity index is 2.03. The summed E-state index contributed by atoms with van der Waals surface area (Å²) >= 11 is 0. The maximum absolute atomic E-state index is 10.9. The first-order valence-electron chi connectivity index (χ1n) is 7.30. The van der Waals surface area contributed by atoms with E-state index in [1.54, 1.807) is 12.1 Å². The van der Waals surface area contributed by atoms with Crippen LogP contribution in [0.1, 0.15) is 11.1 Å². The fraction of sp³-hybridized carbons (Fsp3) is 0.0526. The number of nitro benzene ring substituents is 1. The van der Waals surface area contributed by atoms with Gasteiger partial charge in [0.2, 0.25) is 0 Å². The number of nitro groups is 1. The molecule has 0 amide bonds. The van der Waals surface area contributed by atoms with Crippen LogP contribution in [-0.2, 0) is 6.42 Å². The number of hydrogen-bond acceptors (Lipinski definition) is 4. The van der Waals surface area contributed by atoms with Gasteiger partial charge in [0, 0.05) is 17.7 Å². The summed E-state index contributed by atoms with van der Waals surface area (Å²) in [6.45, 7) is 0. The maximum Gasteiger partial charge on any atom is 0.269 e. The molecule has 0 atom stereocenters. The second-order valence-electron chi connectivity index (χ2n) is 5.34. The third-order valence-corrected chi connectivity index (χ3v) is 3.76. The summed E-state index contributed by atoms with van der Waals surface area (Å²) in [5.41, 5.74) is 2.83. The lowest BCUT2D eigenvalue weighted by Crippen LogP contribution is -1.95. The van der Waals surface area contributed by atoms with Gasteiger partial charge in [0.25, 0.3) is 5.69 Å². The van der Waals surface area contributed by atoms with Gasteiger partial charge in [-0.3, -0.25) is 10.1 Å². The van der Waals surface area contributed by atoms with Crippen molar-refractivity contribution in [3.63, 3.8) is 0 Å². The molecule has 0 aliphatic heterocycles. The molecule has 1 radical (unpaired) electrons. The molecule has 5 heteroatoms. The minimum Gasteiger partial charge on any atom is -0.504 e. The highest BCUT2D eigenvalue weighted by molar-refractivity contribution is 5.76. The van der Waals surface area contributed by atoms with E-state index in [0.29, 0.717) is 17.5 Å². The molecule has 0 unspecified atom stereocenters. The van der Waals surface area contributed by atoms with Crippen molar-refractivity contribution in [1.82, 2.24) is 0 Å². The average molecular weight is 320 g/mol. The second-order valence-corrected chi connectivity index (χ2v) is 5.34. The van der Waals surface area contributed by atoms with E-state index >= 15 is 0 Å². The van der Waals surface area contributed by atoms with Crippen molar-refractivity contribution < 1.29 is 15.1 Å². The Morgan fingerprint density at radius 3 is 2.54 bits per heavy atom. The molecule has 5 nitrogen and oxygen atoms in total. The molecular formula is C19H14NO4. The molecule has 24 heavy (non-hydrogen) atoms. The van der Waals surface area contributed by atoms with Crippen molar-refractivity contribution in [2.75, 3.05) is 0 Å². The summed E-state index contributed by atoms with van der Waals surface area (Å²) in [4.78, 5) is 10.5. The number of non-ortho nitro benzene ring substituents is 1. The van der Waals surface area contributed by atoms with Crippen molar-refractivity contribution in [1.29, 1.82) is 0 Å². The number of rotatable bonds is 4. The largest absolute Gasteiger partial charge is 0.504 e. The number of phenolic OH excluding ortho intramolecular Hbond substituents is 2. The van der Waals surface area contributed by atoms with E-state index in [1.165, 1.54) is 24.3 Å². The van der Waals surface area contributed by atoms with E-state index < -0.39 is 4.92 Å². The van der Waals surface area contributed by atoms with Gasteiger partial charge in [-0.25, -0.2) is 0 Å². The summed E-state index contributed by atoms with van der Waals surface area (Å²) in [5, 5.41) is 30.7. The quantitative estimate of drug-likeness (QED) is 0.431. The summed E-state index contributed by atoms with van der Waals surface area (Å²) < 4.78 is 0. The number of nitrogens with zero attached hydrogens (tertiary/aromatic N) is 1. The first kappa shape index (κ1) is 15.6. The van der Waals surface area contributed by atoms with E-state index in [4.69, 9.17) is 0 Å². The molecular weight excluding hydrogens is 306 g/mol. The normalized spacial score (nSPS) is 10.5. The lowest BCUT2D eigenvalue weighted by Gasteiger charge is -2.12. The number of hydrogen-bond donors (Lipinski definition) is 2. The highest BCUT2D eigenvalue weighted by Gasteiger charge is 2.13. The number of aromatic hydroxyl groups is 2. The van der Waals surface area contributed by atoms with E-state index in [1.807, 2.05) is 24.3 Å². The zero-order valence-corrected chi connectivity index (χ0v) is 12.6. The van der Waals surface area contributed by atoms with E-state index in [2.05, 4.69) is 6.07 Å². The maximum atomic E-state index is 10.9. The van der Waals surface area contributed by atoms with Crippen LogP contribution in [0.15, 0.2) is 60.7 Å². The fourth-order valence-electron chi connectivity index (χ4n) is 2.61. The van der Waals surface area contributed by atoms with Gasteiger partial charge >= 0.3 is 0 Å². The Labute approximate surface area is 138 Å². The van der Waals surface area contributed by atoms with Crippen molar-refractivity contribution in [3.05, 3.63) is 88.0 Å². The zero-order chi connectivity index (χ0) is 17.1. The molecule has 0 fully saturated rings. The predicted molar refractivity (Wildman–Crippen MR) is 89.9 cm³/mol. The Bertz CT molecular complexity index is 905. The van der Waals surface area contributed by atoms with Gasteiger partial charge < -0.3 is 10.2 Å². The topological polar surface area (TPSA) is 83.6 Å². The summed E-state index contributed by atoms with van der Waals surface area (Å²) in [6, 6.07) is 19.6. The fourth-order valence-corrected chi connectivity index (χ4v) is 2.61. The average Bonchev–Trinajstić information content (AvgIpc) is 2.58. The third kappa shape index (κ3) is 3.05. The molecule has 0 aliphatic carbocycles. The van der Waals surface area contributed by atoms with Crippen LogP contribution in [0.4, 0.5) is 5.69 Å². The van der Waals surface area contributed by atoms with Crippen LogP contribution in [0, 0.1) is 16.2 Å². The zero-order valence-electron chi connectivity index (χ0n) is 12.6. The van der Waals surface area contributed by atoms with E-state index in [9.17, 15) is 20.3 Å². The standard InChI is InChI=1S/C19H14NO4/c21-18-10-4-9-17(19(18)22)16-8-2-1-6-14(16)11-13-5-3-7-15(12-13)20(23)24/h1-4,6-10,12,21-22H,11H2.